The van der Waals surface area contributed by atoms with Gasteiger partial charge in [0.15, 0.2) is 11.5 Å². The van der Waals surface area contributed by atoms with Gasteiger partial charge in [0.2, 0.25) is 5.91 Å². The fourth-order valence-electron chi connectivity index (χ4n) is 3.84. The summed E-state index contributed by atoms with van der Waals surface area (Å²) in [6.45, 7) is 1.79. The molecule has 0 fully saturated rings. The van der Waals surface area contributed by atoms with E-state index in [2.05, 4.69) is 12.1 Å². The zero-order valence-corrected chi connectivity index (χ0v) is 22.5. The molecule has 1 amide bonds. The van der Waals surface area contributed by atoms with Gasteiger partial charge < -0.3 is 23.8 Å². The first-order valence-electron chi connectivity index (χ1n) is 12.8. The van der Waals surface area contributed by atoms with Crippen molar-refractivity contribution in [2.24, 2.45) is 0 Å². The Hall–Kier alpha value is -4.00. The van der Waals surface area contributed by atoms with Crippen molar-refractivity contribution in [3.63, 3.8) is 0 Å². The Morgan fingerprint density at radius 2 is 1.42 bits per heavy atom. The number of rotatable bonds is 15. The molecule has 3 aromatic carbocycles. The molecule has 3 rings (SSSR count). The third-order valence-corrected chi connectivity index (χ3v) is 6.15. The van der Waals surface area contributed by atoms with E-state index < -0.39 is 0 Å². The molecule has 0 heterocycles. The van der Waals surface area contributed by atoms with Gasteiger partial charge >= 0.3 is 5.97 Å². The molecule has 0 aliphatic rings. The van der Waals surface area contributed by atoms with Gasteiger partial charge in [-0.3, -0.25) is 9.59 Å². The van der Waals surface area contributed by atoms with Crippen LogP contribution in [0.3, 0.4) is 0 Å². The molecule has 202 valence electrons. The maximum Gasteiger partial charge on any atom is 0.309 e. The average molecular weight is 520 g/mol. The molecule has 0 bridgehead atoms. The van der Waals surface area contributed by atoms with E-state index in [-0.39, 0.29) is 18.3 Å². The lowest BCUT2D eigenvalue weighted by molar-refractivity contribution is -0.139. The Balaban J connectivity index is 1.33. The molecule has 0 spiro atoms. The van der Waals surface area contributed by atoms with Crippen molar-refractivity contribution in [3.05, 3.63) is 89.5 Å². The number of carbonyl (C=O) groups excluding carboxylic acids is 2. The van der Waals surface area contributed by atoms with E-state index in [1.807, 2.05) is 55.6 Å². The lowest BCUT2D eigenvalue weighted by Gasteiger charge is -2.17. The Morgan fingerprint density at radius 3 is 2.11 bits per heavy atom. The first-order valence-corrected chi connectivity index (χ1v) is 12.8. The van der Waals surface area contributed by atoms with Gasteiger partial charge in [0.25, 0.3) is 0 Å². The summed E-state index contributed by atoms with van der Waals surface area (Å²) in [6.07, 6.45) is 3.05. The van der Waals surface area contributed by atoms with Crippen LogP contribution in [0.25, 0.3) is 0 Å². The summed E-state index contributed by atoms with van der Waals surface area (Å²) < 4.78 is 21.8. The van der Waals surface area contributed by atoms with Crippen molar-refractivity contribution in [3.8, 4) is 17.2 Å². The minimum absolute atomic E-state index is 0.101. The molecule has 0 radical (unpaired) electrons. The van der Waals surface area contributed by atoms with Crippen LogP contribution in [0.15, 0.2) is 72.8 Å². The highest BCUT2D eigenvalue weighted by Crippen LogP contribution is 2.28. The molecule has 7 heteroatoms. The SMILES string of the molecule is COC(=O)Cc1ccc(OCCCCOc2ccc(CC(=O)N(C)CCc3ccccc3)cc2)c(OC)c1. The number of unbranched alkanes of at least 4 members (excludes halogenated alkanes) is 1. The number of hydrogen-bond acceptors (Lipinski definition) is 6. The van der Waals surface area contributed by atoms with E-state index in [1.54, 1.807) is 24.1 Å². The van der Waals surface area contributed by atoms with Crippen LogP contribution in [0.4, 0.5) is 0 Å². The Labute approximate surface area is 225 Å². The van der Waals surface area contributed by atoms with E-state index in [0.717, 1.165) is 36.1 Å². The van der Waals surface area contributed by atoms with Crippen LogP contribution in [-0.4, -0.2) is 57.8 Å². The van der Waals surface area contributed by atoms with Crippen LogP contribution in [0.1, 0.15) is 29.5 Å². The summed E-state index contributed by atoms with van der Waals surface area (Å²) in [5.74, 6) is 1.80. The zero-order chi connectivity index (χ0) is 27.2. The number of methoxy groups -OCH3 is 2. The molecular formula is C31H37NO6. The van der Waals surface area contributed by atoms with Gasteiger partial charge in [0.1, 0.15) is 5.75 Å². The molecule has 38 heavy (non-hydrogen) atoms. The normalized spacial score (nSPS) is 10.5. The van der Waals surface area contributed by atoms with Crippen LogP contribution in [0, 0.1) is 0 Å². The summed E-state index contributed by atoms with van der Waals surface area (Å²) in [4.78, 5) is 25.8. The molecule has 7 nitrogen and oxygen atoms in total. The summed E-state index contributed by atoms with van der Waals surface area (Å²) in [5.41, 5.74) is 3.00. The number of nitrogens with zero attached hydrogens (tertiary/aromatic N) is 1. The maximum absolute atomic E-state index is 12.6. The van der Waals surface area contributed by atoms with Crippen molar-refractivity contribution in [1.29, 1.82) is 0 Å². The second-order valence-corrected chi connectivity index (χ2v) is 9.01. The monoisotopic (exact) mass is 519 g/mol. The third-order valence-electron chi connectivity index (χ3n) is 6.15. The van der Waals surface area contributed by atoms with Gasteiger partial charge in [-0.05, 0) is 60.2 Å². The Bertz CT molecular complexity index is 1150. The minimum Gasteiger partial charge on any atom is -0.494 e. The van der Waals surface area contributed by atoms with Gasteiger partial charge in [-0.1, -0.05) is 48.5 Å². The largest absolute Gasteiger partial charge is 0.494 e. The zero-order valence-electron chi connectivity index (χ0n) is 22.5. The van der Waals surface area contributed by atoms with E-state index in [9.17, 15) is 9.59 Å². The minimum atomic E-state index is -0.300. The molecule has 0 aliphatic heterocycles. The smallest absolute Gasteiger partial charge is 0.309 e. The maximum atomic E-state index is 12.6. The predicted molar refractivity (Wildman–Crippen MR) is 147 cm³/mol. The van der Waals surface area contributed by atoms with Crippen LogP contribution in [-0.2, 0) is 33.6 Å². The number of hydrogen-bond donors (Lipinski definition) is 0. The molecular weight excluding hydrogens is 482 g/mol. The summed E-state index contributed by atoms with van der Waals surface area (Å²) in [6, 6.07) is 23.3. The van der Waals surface area contributed by atoms with Crippen molar-refractivity contribution in [1.82, 2.24) is 4.90 Å². The van der Waals surface area contributed by atoms with Gasteiger partial charge in [0.05, 0.1) is 40.3 Å². The Kier molecular flexibility index (Phi) is 11.5. The summed E-state index contributed by atoms with van der Waals surface area (Å²) >= 11 is 0. The fraction of sp³-hybridized carbons (Fsp3) is 0.355. The predicted octanol–water partition coefficient (Wildman–Crippen LogP) is 4.89. The lowest BCUT2D eigenvalue weighted by atomic mass is 10.1. The highest BCUT2D eigenvalue weighted by molar-refractivity contribution is 5.78. The van der Waals surface area contributed by atoms with Crippen molar-refractivity contribution >= 4 is 11.9 Å². The van der Waals surface area contributed by atoms with E-state index >= 15 is 0 Å². The molecule has 0 unspecified atom stereocenters. The Morgan fingerprint density at radius 1 is 0.737 bits per heavy atom. The molecule has 0 N–H and O–H groups in total. The fourth-order valence-corrected chi connectivity index (χ4v) is 3.84. The van der Waals surface area contributed by atoms with Gasteiger partial charge in [-0.25, -0.2) is 0 Å². The topological polar surface area (TPSA) is 74.3 Å². The number of likely N-dealkylation sites (N-methyl/N-ethyl adjacent to an activating group) is 1. The van der Waals surface area contributed by atoms with Crippen LogP contribution >= 0.6 is 0 Å². The summed E-state index contributed by atoms with van der Waals surface area (Å²) in [7, 11) is 4.79. The van der Waals surface area contributed by atoms with Crippen molar-refractivity contribution in [2.75, 3.05) is 41.0 Å². The van der Waals surface area contributed by atoms with Gasteiger partial charge in [-0.2, -0.15) is 0 Å². The highest BCUT2D eigenvalue weighted by atomic mass is 16.5. The summed E-state index contributed by atoms with van der Waals surface area (Å²) in [5, 5.41) is 0. The number of benzene rings is 3. The van der Waals surface area contributed by atoms with Crippen molar-refractivity contribution < 1.29 is 28.5 Å². The number of carbonyl (C=O) groups is 2. The molecule has 0 aromatic heterocycles. The first-order chi connectivity index (χ1) is 18.5. The number of amides is 1. The van der Waals surface area contributed by atoms with Crippen LogP contribution in [0.2, 0.25) is 0 Å². The van der Waals surface area contributed by atoms with Gasteiger partial charge in [0, 0.05) is 13.6 Å². The van der Waals surface area contributed by atoms with E-state index in [0.29, 0.717) is 37.7 Å². The van der Waals surface area contributed by atoms with Crippen molar-refractivity contribution in [2.45, 2.75) is 32.1 Å². The first kappa shape index (κ1) is 28.6. The third kappa shape index (κ3) is 9.47. The highest BCUT2D eigenvalue weighted by Gasteiger charge is 2.11. The quantitative estimate of drug-likeness (QED) is 0.210. The van der Waals surface area contributed by atoms with E-state index in [4.69, 9.17) is 18.9 Å². The molecule has 0 saturated carbocycles. The lowest BCUT2D eigenvalue weighted by Crippen LogP contribution is -2.30. The second kappa shape index (κ2) is 15.3. The standard InChI is InChI=1S/C31H37NO6/c1-32(18-17-24-9-5-4-6-10-24)30(33)22-25-11-14-27(15-12-25)37-19-7-8-20-38-28-16-13-26(21-29(28)35-2)23-31(34)36-3/h4-6,9-16,21H,7-8,17-20,22-23H2,1-3H3. The van der Waals surface area contributed by atoms with Crippen LogP contribution < -0.4 is 14.2 Å². The number of esters is 1. The van der Waals surface area contributed by atoms with Gasteiger partial charge in [-0.15, -0.1) is 0 Å². The average Bonchev–Trinajstić information content (AvgIpc) is 2.95. The van der Waals surface area contributed by atoms with E-state index in [1.165, 1.54) is 12.7 Å². The molecule has 0 saturated heterocycles. The number of ether oxygens (including phenoxy) is 4. The molecule has 3 aromatic rings. The molecule has 0 aliphatic carbocycles. The van der Waals surface area contributed by atoms with Crippen LogP contribution in [0.5, 0.6) is 17.2 Å². The second-order valence-electron chi connectivity index (χ2n) is 9.01. The molecule has 0 atom stereocenters.